The molecule has 124 valence electrons. The van der Waals surface area contributed by atoms with Gasteiger partial charge in [-0.25, -0.2) is 9.67 Å². The van der Waals surface area contributed by atoms with Crippen molar-refractivity contribution in [2.75, 3.05) is 11.9 Å². The van der Waals surface area contributed by atoms with Crippen LogP contribution in [0.15, 0.2) is 30.7 Å². The average Bonchev–Trinajstić information content (AvgIpc) is 3.13. The molecule has 24 heavy (non-hydrogen) atoms. The second-order valence-corrected chi connectivity index (χ2v) is 5.68. The van der Waals surface area contributed by atoms with Gasteiger partial charge in [0.1, 0.15) is 0 Å². The molecule has 1 aliphatic rings. The van der Waals surface area contributed by atoms with Crippen molar-refractivity contribution in [2.45, 2.75) is 19.3 Å². The van der Waals surface area contributed by atoms with Gasteiger partial charge in [0.05, 0.1) is 29.3 Å². The number of nitrogens with one attached hydrogen (secondary N) is 1. The number of aromatic nitrogens is 3. The van der Waals surface area contributed by atoms with E-state index < -0.39 is 0 Å². The second kappa shape index (κ2) is 6.79. The fourth-order valence-corrected chi connectivity index (χ4v) is 2.47. The second-order valence-electron chi connectivity index (χ2n) is 5.25. The molecular formula is C15H14ClN5O3. The summed E-state index contributed by atoms with van der Waals surface area (Å²) in [5.41, 5.74) is 0.515. The van der Waals surface area contributed by atoms with E-state index >= 15 is 0 Å². The third kappa shape index (κ3) is 3.60. The van der Waals surface area contributed by atoms with Gasteiger partial charge in [0, 0.05) is 25.8 Å². The summed E-state index contributed by atoms with van der Waals surface area (Å²) in [5, 5.41) is 7.20. The number of pyridine rings is 1. The summed E-state index contributed by atoms with van der Waals surface area (Å²) < 4.78 is 1.51. The molecule has 0 spiro atoms. The Bertz CT molecular complexity index is 771. The zero-order valence-corrected chi connectivity index (χ0v) is 13.4. The maximum atomic E-state index is 11.9. The van der Waals surface area contributed by atoms with Gasteiger partial charge in [-0.1, -0.05) is 11.6 Å². The number of carbonyl (C=O) groups excluding carboxylic acids is 3. The highest BCUT2D eigenvalue weighted by Crippen LogP contribution is 2.14. The van der Waals surface area contributed by atoms with Gasteiger partial charge in [-0.15, -0.1) is 0 Å². The first-order chi connectivity index (χ1) is 11.5. The molecule has 1 saturated heterocycles. The number of amides is 3. The van der Waals surface area contributed by atoms with Crippen molar-refractivity contribution in [3.63, 3.8) is 0 Å². The maximum Gasteiger partial charge on any atom is 0.229 e. The van der Waals surface area contributed by atoms with Gasteiger partial charge in [-0.05, 0) is 12.1 Å². The molecule has 1 N–H and O–H groups in total. The standard InChI is InChI=1S/C15H14ClN5O3/c16-10-7-18-21(9-10)12-2-1-11(8-17-12)19-13(22)5-6-20-14(23)3-4-15(20)24/h1-2,7-9H,3-6H2,(H,19,22). The SMILES string of the molecule is O=C(CCN1C(=O)CCC1=O)Nc1ccc(-n2cc(Cl)cn2)nc1. The van der Waals surface area contributed by atoms with Crippen LogP contribution in [0.2, 0.25) is 5.02 Å². The van der Waals surface area contributed by atoms with E-state index in [2.05, 4.69) is 15.4 Å². The van der Waals surface area contributed by atoms with Crippen LogP contribution in [0.3, 0.4) is 0 Å². The number of likely N-dealkylation sites (tertiary alicyclic amines) is 1. The summed E-state index contributed by atoms with van der Waals surface area (Å²) in [6.07, 6.45) is 5.11. The Labute approximate surface area is 142 Å². The van der Waals surface area contributed by atoms with Crippen LogP contribution < -0.4 is 5.32 Å². The fourth-order valence-electron chi connectivity index (χ4n) is 2.33. The topological polar surface area (TPSA) is 97.2 Å². The van der Waals surface area contributed by atoms with Gasteiger partial charge < -0.3 is 5.32 Å². The van der Waals surface area contributed by atoms with E-state index in [1.54, 1.807) is 18.3 Å². The molecule has 3 amide bonds. The quantitative estimate of drug-likeness (QED) is 0.824. The summed E-state index contributed by atoms with van der Waals surface area (Å²) in [6, 6.07) is 3.37. The minimum absolute atomic E-state index is 0.0496. The third-order valence-corrected chi connectivity index (χ3v) is 3.73. The van der Waals surface area contributed by atoms with E-state index in [1.807, 2.05) is 0 Å². The third-order valence-electron chi connectivity index (χ3n) is 3.53. The van der Waals surface area contributed by atoms with Gasteiger partial charge in [-0.2, -0.15) is 5.10 Å². The van der Waals surface area contributed by atoms with Crippen LogP contribution in [0, 0.1) is 0 Å². The number of rotatable bonds is 5. The normalized spacial score (nSPS) is 14.3. The zero-order valence-electron chi connectivity index (χ0n) is 12.6. The van der Waals surface area contributed by atoms with Gasteiger partial charge in [-0.3, -0.25) is 19.3 Å². The Balaban J connectivity index is 1.55. The Morgan fingerprint density at radius 2 is 1.96 bits per heavy atom. The molecule has 0 radical (unpaired) electrons. The first kappa shape index (κ1) is 16.1. The molecule has 0 atom stereocenters. The highest BCUT2D eigenvalue weighted by Gasteiger charge is 2.28. The number of hydrogen-bond acceptors (Lipinski definition) is 5. The molecule has 0 saturated carbocycles. The van der Waals surface area contributed by atoms with Crippen LogP contribution in [0.25, 0.3) is 5.82 Å². The lowest BCUT2D eigenvalue weighted by Gasteiger charge is -2.13. The van der Waals surface area contributed by atoms with E-state index in [4.69, 9.17) is 11.6 Å². The Kier molecular flexibility index (Phi) is 4.57. The van der Waals surface area contributed by atoms with E-state index in [0.717, 1.165) is 4.90 Å². The van der Waals surface area contributed by atoms with Gasteiger partial charge >= 0.3 is 0 Å². The highest BCUT2D eigenvalue weighted by atomic mass is 35.5. The summed E-state index contributed by atoms with van der Waals surface area (Å²) >= 11 is 5.80. The lowest BCUT2D eigenvalue weighted by molar-refractivity contribution is -0.138. The summed E-state index contributed by atoms with van der Waals surface area (Å²) in [6.45, 7) is 0.0980. The van der Waals surface area contributed by atoms with E-state index in [0.29, 0.717) is 16.5 Å². The van der Waals surface area contributed by atoms with E-state index in [-0.39, 0.29) is 43.5 Å². The van der Waals surface area contributed by atoms with Crippen LogP contribution >= 0.6 is 11.6 Å². The van der Waals surface area contributed by atoms with E-state index in [9.17, 15) is 14.4 Å². The molecule has 2 aromatic rings. The number of nitrogens with zero attached hydrogens (tertiary/aromatic N) is 4. The number of hydrogen-bond donors (Lipinski definition) is 1. The molecule has 0 bridgehead atoms. The molecular weight excluding hydrogens is 334 g/mol. The van der Waals surface area contributed by atoms with Gasteiger partial charge in [0.25, 0.3) is 0 Å². The van der Waals surface area contributed by atoms with Gasteiger partial charge in [0.2, 0.25) is 17.7 Å². The zero-order chi connectivity index (χ0) is 17.1. The number of anilines is 1. The van der Waals surface area contributed by atoms with Crippen LogP contribution in [0.5, 0.6) is 0 Å². The van der Waals surface area contributed by atoms with Crippen LogP contribution in [0.4, 0.5) is 5.69 Å². The lowest BCUT2D eigenvalue weighted by Crippen LogP contribution is -2.32. The van der Waals surface area contributed by atoms with Crippen LogP contribution in [-0.4, -0.2) is 43.9 Å². The first-order valence-corrected chi connectivity index (χ1v) is 7.70. The molecule has 9 heteroatoms. The monoisotopic (exact) mass is 347 g/mol. The van der Waals surface area contributed by atoms with Crippen LogP contribution in [0.1, 0.15) is 19.3 Å². The Morgan fingerprint density at radius 3 is 2.54 bits per heavy atom. The van der Waals surface area contributed by atoms with Gasteiger partial charge in [0.15, 0.2) is 5.82 Å². The van der Waals surface area contributed by atoms with E-state index in [1.165, 1.54) is 17.1 Å². The molecule has 0 unspecified atom stereocenters. The molecule has 8 nitrogen and oxygen atoms in total. The molecule has 3 heterocycles. The van der Waals surface area contributed by atoms with Crippen molar-refractivity contribution in [2.24, 2.45) is 0 Å². The fraction of sp³-hybridized carbons (Fsp3) is 0.267. The van der Waals surface area contributed by atoms with Crippen molar-refractivity contribution in [1.82, 2.24) is 19.7 Å². The predicted molar refractivity (Wildman–Crippen MR) is 85.6 cm³/mol. The highest BCUT2D eigenvalue weighted by molar-refractivity contribution is 6.30. The Hall–Kier alpha value is -2.74. The summed E-state index contributed by atoms with van der Waals surface area (Å²) in [4.78, 5) is 40.2. The minimum atomic E-state index is -0.292. The summed E-state index contributed by atoms with van der Waals surface area (Å²) in [5.74, 6) is -0.180. The van der Waals surface area contributed by atoms with Crippen molar-refractivity contribution in [3.05, 3.63) is 35.7 Å². The maximum absolute atomic E-state index is 11.9. The molecule has 3 rings (SSSR count). The molecule has 0 aliphatic carbocycles. The summed E-state index contributed by atoms with van der Waals surface area (Å²) in [7, 11) is 0. The lowest BCUT2D eigenvalue weighted by atomic mass is 10.3. The Morgan fingerprint density at radius 1 is 1.21 bits per heavy atom. The molecule has 1 aliphatic heterocycles. The molecule has 1 fully saturated rings. The number of halogens is 1. The van der Waals surface area contributed by atoms with Crippen molar-refractivity contribution in [1.29, 1.82) is 0 Å². The molecule has 0 aromatic carbocycles. The smallest absolute Gasteiger partial charge is 0.229 e. The minimum Gasteiger partial charge on any atom is -0.325 e. The van der Waals surface area contributed by atoms with Crippen molar-refractivity contribution >= 4 is 35.0 Å². The van der Waals surface area contributed by atoms with Crippen LogP contribution in [-0.2, 0) is 14.4 Å². The molecule has 2 aromatic heterocycles. The largest absolute Gasteiger partial charge is 0.325 e. The van der Waals surface area contributed by atoms with Crippen molar-refractivity contribution in [3.8, 4) is 5.82 Å². The first-order valence-electron chi connectivity index (χ1n) is 7.32. The number of imide groups is 1. The number of carbonyl (C=O) groups is 3. The van der Waals surface area contributed by atoms with Crippen molar-refractivity contribution < 1.29 is 14.4 Å². The average molecular weight is 348 g/mol. The predicted octanol–water partition coefficient (Wildman–Crippen LogP) is 1.40.